The van der Waals surface area contributed by atoms with Crippen molar-refractivity contribution in [2.75, 3.05) is 13.1 Å². The van der Waals surface area contributed by atoms with Crippen molar-refractivity contribution in [3.8, 4) is 0 Å². The van der Waals surface area contributed by atoms with Crippen LogP contribution >= 0.6 is 11.8 Å². The number of aliphatic imine (C=N–C) groups is 1. The standard InChI is InChI=1S/C14H17N3S/c15-14-16-12-6-8-17(9-7-13(12)18-14)10-11-4-2-1-3-5-11/h1-6,13H,7-10H2,(H2,15,16). The van der Waals surface area contributed by atoms with Gasteiger partial charge in [0.25, 0.3) is 0 Å². The largest absolute Gasteiger partial charge is 0.378 e. The molecular formula is C14H17N3S. The van der Waals surface area contributed by atoms with Gasteiger partial charge in [0.1, 0.15) is 0 Å². The van der Waals surface area contributed by atoms with Crippen LogP contribution in [0.25, 0.3) is 0 Å². The number of thioether (sulfide) groups is 1. The number of hydrogen-bond donors (Lipinski definition) is 1. The molecule has 0 radical (unpaired) electrons. The molecule has 1 unspecified atom stereocenters. The second-order valence-electron chi connectivity index (χ2n) is 4.69. The molecule has 94 valence electrons. The van der Waals surface area contributed by atoms with E-state index in [9.17, 15) is 0 Å². The molecule has 2 aliphatic rings. The Morgan fingerprint density at radius 1 is 1.33 bits per heavy atom. The second kappa shape index (κ2) is 5.16. The van der Waals surface area contributed by atoms with Crippen molar-refractivity contribution >= 4 is 16.9 Å². The van der Waals surface area contributed by atoms with E-state index < -0.39 is 0 Å². The normalized spacial score (nSPS) is 24.1. The van der Waals surface area contributed by atoms with Gasteiger partial charge in [0, 0.05) is 19.6 Å². The van der Waals surface area contributed by atoms with Crippen LogP contribution in [0, 0.1) is 0 Å². The van der Waals surface area contributed by atoms with E-state index in [4.69, 9.17) is 5.73 Å². The van der Waals surface area contributed by atoms with E-state index in [1.165, 1.54) is 11.3 Å². The van der Waals surface area contributed by atoms with Crippen molar-refractivity contribution in [2.24, 2.45) is 10.7 Å². The molecule has 3 nitrogen and oxygen atoms in total. The first-order chi connectivity index (χ1) is 8.81. The molecular weight excluding hydrogens is 242 g/mol. The van der Waals surface area contributed by atoms with Crippen molar-refractivity contribution in [3.05, 3.63) is 47.7 Å². The van der Waals surface area contributed by atoms with Crippen molar-refractivity contribution < 1.29 is 0 Å². The highest BCUT2D eigenvalue weighted by Gasteiger charge is 2.26. The molecule has 0 saturated heterocycles. The summed E-state index contributed by atoms with van der Waals surface area (Å²) < 4.78 is 0. The minimum absolute atomic E-state index is 0.478. The second-order valence-corrected chi connectivity index (χ2v) is 5.92. The van der Waals surface area contributed by atoms with Crippen LogP contribution in [-0.2, 0) is 6.54 Å². The molecule has 0 saturated carbocycles. The molecule has 0 aliphatic carbocycles. The predicted octanol–water partition coefficient (Wildman–Crippen LogP) is 2.21. The van der Waals surface area contributed by atoms with Crippen molar-refractivity contribution in [2.45, 2.75) is 18.2 Å². The Bertz CT molecular complexity index is 481. The quantitative estimate of drug-likeness (QED) is 0.885. The first-order valence-corrected chi connectivity index (χ1v) is 7.16. The van der Waals surface area contributed by atoms with E-state index in [0.29, 0.717) is 5.25 Å². The van der Waals surface area contributed by atoms with Gasteiger partial charge in [-0.3, -0.25) is 4.90 Å². The van der Waals surface area contributed by atoms with Crippen LogP contribution in [0.5, 0.6) is 0 Å². The zero-order chi connectivity index (χ0) is 12.4. The van der Waals surface area contributed by atoms with Gasteiger partial charge in [0.15, 0.2) is 5.17 Å². The van der Waals surface area contributed by atoms with E-state index in [2.05, 4.69) is 46.3 Å². The van der Waals surface area contributed by atoms with Gasteiger partial charge in [0.2, 0.25) is 0 Å². The van der Waals surface area contributed by atoms with Gasteiger partial charge in [-0.2, -0.15) is 0 Å². The highest BCUT2D eigenvalue weighted by atomic mass is 32.2. The highest BCUT2D eigenvalue weighted by molar-refractivity contribution is 8.14. The summed E-state index contributed by atoms with van der Waals surface area (Å²) in [5.74, 6) is 0. The minimum Gasteiger partial charge on any atom is -0.378 e. The van der Waals surface area contributed by atoms with Crippen molar-refractivity contribution in [3.63, 3.8) is 0 Å². The first kappa shape index (κ1) is 11.8. The van der Waals surface area contributed by atoms with E-state index in [-0.39, 0.29) is 0 Å². The van der Waals surface area contributed by atoms with Crippen molar-refractivity contribution in [1.29, 1.82) is 0 Å². The Morgan fingerprint density at radius 3 is 3.00 bits per heavy atom. The molecule has 1 atom stereocenters. The Morgan fingerprint density at radius 2 is 2.17 bits per heavy atom. The van der Waals surface area contributed by atoms with Crippen LogP contribution < -0.4 is 5.73 Å². The monoisotopic (exact) mass is 259 g/mol. The average molecular weight is 259 g/mol. The SMILES string of the molecule is NC1=NC2=CCN(Cc3ccccc3)CCC2S1. The van der Waals surface area contributed by atoms with Crippen LogP contribution in [0.1, 0.15) is 12.0 Å². The first-order valence-electron chi connectivity index (χ1n) is 6.28. The summed E-state index contributed by atoms with van der Waals surface area (Å²) in [6, 6.07) is 10.6. The van der Waals surface area contributed by atoms with Gasteiger partial charge < -0.3 is 5.73 Å². The molecule has 0 aromatic heterocycles. The number of nitrogens with two attached hydrogens (primary N) is 1. The molecule has 4 heteroatoms. The lowest BCUT2D eigenvalue weighted by atomic mass is 10.2. The number of amidine groups is 1. The molecule has 1 aromatic carbocycles. The van der Waals surface area contributed by atoms with E-state index in [0.717, 1.165) is 31.2 Å². The van der Waals surface area contributed by atoms with Crippen LogP contribution in [0.4, 0.5) is 0 Å². The summed E-state index contributed by atoms with van der Waals surface area (Å²) in [6.07, 6.45) is 3.36. The van der Waals surface area contributed by atoms with E-state index >= 15 is 0 Å². The maximum atomic E-state index is 5.76. The van der Waals surface area contributed by atoms with Crippen LogP contribution in [-0.4, -0.2) is 28.4 Å². The van der Waals surface area contributed by atoms with Crippen LogP contribution in [0.3, 0.4) is 0 Å². The third-order valence-corrected chi connectivity index (χ3v) is 4.44. The van der Waals surface area contributed by atoms with Gasteiger partial charge in [0.05, 0.1) is 10.9 Å². The van der Waals surface area contributed by atoms with E-state index in [1.54, 1.807) is 11.8 Å². The molecule has 2 aliphatic heterocycles. The zero-order valence-electron chi connectivity index (χ0n) is 10.2. The summed E-state index contributed by atoms with van der Waals surface area (Å²) in [5, 5.41) is 1.20. The maximum absolute atomic E-state index is 5.76. The Hall–Kier alpha value is -1.26. The molecule has 2 N–H and O–H groups in total. The van der Waals surface area contributed by atoms with Crippen LogP contribution in [0.15, 0.2) is 47.1 Å². The zero-order valence-corrected chi connectivity index (χ0v) is 11.1. The number of benzene rings is 1. The molecule has 0 amide bonds. The fourth-order valence-electron chi connectivity index (χ4n) is 2.41. The fourth-order valence-corrected chi connectivity index (χ4v) is 3.36. The third-order valence-electron chi connectivity index (χ3n) is 3.35. The number of nitrogens with zero attached hydrogens (tertiary/aromatic N) is 2. The van der Waals surface area contributed by atoms with Gasteiger partial charge in [-0.1, -0.05) is 42.1 Å². The molecule has 0 spiro atoms. The number of hydrogen-bond acceptors (Lipinski definition) is 4. The predicted molar refractivity (Wildman–Crippen MR) is 77.4 cm³/mol. The van der Waals surface area contributed by atoms with Gasteiger partial charge in [-0.25, -0.2) is 4.99 Å². The maximum Gasteiger partial charge on any atom is 0.159 e. The topological polar surface area (TPSA) is 41.6 Å². The molecule has 0 fully saturated rings. The Balaban J connectivity index is 1.67. The molecule has 2 heterocycles. The van der Waals surface area contributed by atoms with Gasteiger partial charge >= 0.3 is 0 Å². The number of rotatable bonds is 2. The number of fused-ring (bicyclic) bond motifs is 1. The average Bonchev–Trinajstić information content (AvgIpc) is 2.65. The van der Waals surface area contributed by atoms with Gasteiger partial charge in [-0.15, -0.1) is 0 Å². The fraction of sp³-hybridized carbons (Fsp3) is 0.357. The molecule has 18 heavy (non-hydrogen) atoms. The summed E-state index contributed by atoms with van der Waals surface area (Å²) in [4.78, 5) is 6.87. The Kier molecular flexibility index (Phi) is 3.39. The minimum atomic E-state index is 0.478. The lowest BCUT2D eigenvalue weighted by Crippen LogP contribution is -2.24. The van der Waals surface area contributed by atoms with E-state index in [1.807, 2.05) is 0 Å². The van der Waals surface area contributed by atoms with Crippen LogP contribution in [0.2, 0.25) is 0 Å². The summed E-state index contributed by atoms with van der Waals surface area (Å²) in [7, 11) is 0. The van der Waals surface area contributed by atoms with Crippen molar-refractivity contribution in [1.82, 2.24) is 4.90 Å². The lowest BCUT2D eigenvalue weighted by Gasteiger charge is -2.19. The highest BCUT2D eigenvalue weighted by Crippen LogP contribution is 2.32. The molecule has 3 rings (SSSR count). The third kappa shape index (κ3) is 2.60. The Labute approximate surface area is 112 Å². The molecule has 0 bridgehead atoms. The molecule has 1 aromatic rings. The lowest BCUT2D eigenvalue weighted by molar-refractivity contribution is 0.297. The smallest absolute Gasteiger partial charge is 0.159 e. The summed E-state index contributed by atoms with van der Waals surface area (Å²) >= 11 is 1.70. The summed E-state index contributed by atoms with van der Waals surface area (Å²) in [5.41, 5.74) is 8.31. The van der Waals surface area contributed by atoms with Gasteiger partial charge in [-0.05, 0) is 18.1 Å². The summed E-state index contributed by atoms with van der Waals surface area (Å²) in [6.45, 7) is 3.09.